The second-order valence-corrected chi connectivity index (χ2v) is 6.55. The number of fused-ring (bicyclic) bond motifs is 1. The predicted molar refractivity (Wildman–Crippen MR) is 94.2 cm³/mol. The molecule has 0 aliphatic carbocycles. The smallest absolute Gasteiger partial charge is 0.272 e. The number of morpholine rings is 1. The van der Waals surface area contributed by atoms with Crippen molar-refractivity contribution >= 4 is 5.65 Å². The number of aromatic nitrogens is 7. The van der Waals surface area contributed by atoms with Crippen molar-refractivity contribution in [2.24, 2.45) is 0 Å². The number of hydrogen-bond donors (Lipinski definition) is 1. The maximum Gasteiger partial charge on any atom is 0.272 e. The summed E-state index contributed by atoms with van der Waals surface area (Å²) in [5, 5.41) is 15.5. The van der Waals surface area contributed by atoms with Crippen molar-refractivity contribution in [2.75, 3.05) is 33.4 Å². The number of aryl methyl sites for hydroxylation is 1. The highest BCUT2D eigenvalue weighted by Crippen LogP contribution is 2.19. The van der Waals surface area contributed by atoms with Crippen molar-refractivity contribution in [1.82, 2.24) is 39.7 Å². The number of methoxy groups -OCH3 is 1. The second-order valence-electron chi connectivity index (χ2n) is 6.55. The van der Waals surface area contributed by atoms with E-state index in [1.165, 1.54) is 9.31 Å². The molecule has 0 spiro atoms. The molecule has 0 saturated carbocycles. The summed E-state index contributed by atoms with van der Waals surface area (Å²) >= 11 is 0. The summed E-state index contributed by atoms with van der Waals surface area (Å²) in [4.78, 5) is 20.5. The molecule has 1 aliphatic rings. The van der Waals surface area contributed by atoms with E-state index in [1.54, 1.807) is 13.2 Å². The number of H-pyrrole nitrogens is 1. The molecule has 1 saturated heterocycles. The molecule has 11 heteroatoms. The first-order valence-corrected chi connectivity index (χ1v) is 8.81. The zero-order valence-electron chi connectivity index (χ0n) is 15.3. The van der Waals surface area contributed by atoms with E-state index in [4.69, 9.17) is 9.47 Å². The highest BCUT2D eigenvalue weighted by Gasteiger charge is 2.26. The molecule has 11 nitrogen and oxygen atoms in total. The van der Waals surface area contributed by atoms with Crippen LogP contribution in [-0.4, -0.2) is 73.1 Å². The topological polar surface area (TPSA) is 115 Å². The van der Waals surface area contributed by atoms with Gasteiger partial charge in [0.05, 0.1) is 25.5 Å². The molecule has 0 aromatic carbocycles. The molecule has 27 heavy (non-hydrogen) atoms. The Morgan fingerprint density at radius 2 is 2.30 bits per heavy atom. The lowest BCUT2D eigenvalue weighted by atomic mass is 10.2. The molecule has 3 aromatic rings. The Morgan fingerprint density at radius 1 is 1.41 bits per heavy atom. The summed E-state index contributed by atoms with van der Waals surface area (Å²) < 4.78 is 12.3. The maximum atomic E-state index is 12.2. The fraction of sp³-hybridized carbons (Fsp3) is 0.562. The number of nitrogens with zero attached hydrogens (tertiary/aromatic N) is 7. The van der Waals surface area contributed by atoms with E-state index in [-0.39, 0.29) is 11.7 Å². The van der Waals surface area contributed by atoms with Gasteiger partial charge >= 0.3 is 0 Å². The van der Waals surface area contributed by atoms with Crippen LogP contribution >= 0.6 is 0 Å². The third-order valence-corrected chi connectivity index (χ3v) is 4.42. The van der Waals surface area contributed by atoms with Crippen LogP contribution < -0.4 is 5.56 Å². The number of hydrogen-bond acceptors (Lipinski definition) is 8. The summed E-state index contributed by atoms with van der Waals surface area (Å²) in [6.07, 6.45) is -0.255. The molecule has 144 valence electrons. The largest absolute Gasteiger partial charge is 0.383 e. The van der Waals surface area contributed by atoms with Gasteiger partial charge in [-0.05, 0) is 12.1 Å². The maximum absolute atomic E-state index is 12.2. The molecule has 0 bridgehead atoms. The first-order valence-electron chi connectivity index (χ1n) is 8.81. The summed E-state index contributed by atoms with van der Waals surface area (Å²) in [5.74, 6) is 0.556. The van der Waals surface area contributed by atoms with Gasteiger partial charge in [-0.2, -0.15) is 4.80 Å². The van der Waals surface area contributed by atoms with Crippen molar-refractivity contribution in [2.45, 2.75) is 26.1 Å². The van der Waals surface area contributed by atoms with E-state index in [0.29, 0.717) is 44.3 Å². The van der Waals surface area contributed by atoms with Gasteiger partial charge in [0.2, 0.25) is 5.82 Å². The number of aromatic amines is 1. The van der Waals surface area contributed by atoms with Crippen LogP contribution in [0.2, 0.25) is 0 Å². The third kappa shape index (κ3) is 3.89. The van der Waals surface area contributed by atoms with Gasteiger partial charge in [-0.1, -0.05) is 0 Å². The standard InChI is InChI=1S/C16H22N8O3/c1-11-7-14-17-12(8-15(25)24(14)19-11)9-22-3-6-27-13(10-22)16-18-21-23(20-16)4-5-26-2/h7-8,13,19H,3-6,9-10H2,1-2H3. The monoisotopic (exact) mass is 374 g/mol. The van der Waals surface area contributed by atoms with Gasteiger partial charge in [-0.3, -0.25) is 14.8 Å². The summed E-state index contributed by atoms with van der Waals surface area (Å²) in [7, 11) is 1.63. The lowest BCUT2D eigenvalue weighted by Crippen LogP contribution is -2.38. The van der Waals surface area contributed by atoms with Crippen LogP contribution in [-0.2, 0) is 22.6 Å². The fourth-order valence-corrected chi connectivity index (χ4v) is 3.13. The first kappa shape index (κ1) is 17.8. The van der Waals surface area contributed by atoms with Gasteiger partial charge in [0.15, 0.2) is 5.65 Å². The molecule has 4 rings (SSSR count). The van der Waals surface area contributed by atoms with E-state index < -0.39 is 0 Å². The zero-order chi connectivity index (χ0) is 18.8. The predicted octanol–water partition coefficient (Wildman–Crippen LogP) is -0.463. The Bertz CT molecular complexity index is 978. The van der Waals surface area contributed by atoms with Crippen LogP contribution in [0.15, 0.2) is 16.9 Å². The van der Waals surface area contributed by atoms with Crippen LogP contribution in [0.3, 0.4) is 0 Å². The first-order chi connectivity index (χ1) is 13.1. The Morgan fingerprint density at radius 3 is 3.15 bits per heavy atom. The number of tetrazole rings is 1. The average Bonchev–Trinajstić information content (AvgIpc) is 3.26. The molecule has 0 amide bonds. The minimum Gasteiger partial charge on any atom is -0.383 e. The van der Waals surface area contributed by atoms with Gasteiger partial charge < -0.3 is 9.47 Å². The van der Waals surface area contributed by atoms with E-state index in [2.05, 4.69) is 30.4 Å². The van der Waals surface area contributed by atoms with Crippen LogP contribution in [0.25, 0.3) is 5.65 Å². The number of nitrogens with one attached hydrogen (secondary N) is 1. The minimum absolute atomic E-state index is 0.115. The van der Waals surface area contributed by atoms with Crippen molar-refractivity contribution < 1.29 is 9.47 Å². The Balaban J connectivity index is 1.45. The third-order valence-electron chi connectivity index (χ3n) is 4.42. The second kappa shape index (κ2) is 7.55. The van der Waals surface area contributed by atoms with Gasteiger partial charge in [0, 0.05) is 44.6 Å². The van der Waals surface area contributed by atoms with Crippen molar-refractivity contribution in [1.29, 1.82) is 0 Å². The fourth-order valence-electron chi connectivity index (χ4n) is 3.13. The molecule has 1 unspecified atom stereocenters. The Hall–Kier alpha value is -2.63. The summed E-state index contributed by atoms with van der Waals surface area (Å²) in [6.45, 7) is 5.45. The SMILES string of the molecule is COCCn1nnc(C2CN(Cc3cc(=O)n4[nH]c(C)cc4n3)CCO2)n1. The molecule has 0 radical (unpaired) electrons. The van der Waals surface area contributed by atoms with Gasteiger partial charge in [0.1, 0.15) is 6.10 Å². The van der Waals surface area contributed by atoms with Gasteiger partial charge in [-0.25, -0.2) is 9.50 Å². The molecule has 1 fully saturated rings. The van der Waals surface area contributed by atoms with E-state index in [0.717, 1.165) is 17.9 Å². The highest BCUT2D eigenvalue weighted by molar-refractivity contribution is 5.39. The summed E-state index contributed by atoms with van der Waals surface area (Å²) in [5.41, 5.74) is 2.14. The van der Waals surface area contributed by atoms with Crippen LogP contribution in [0.1, 0.15) is 23.3 Å². The Labute approximate surface area is 154 Å². The van der Waals surface area contributed by atoms with E-state index in [1.807, 2.05) is 13.0 Å². The zero-order valence-corrected chi connectivity index (χ0v) is 15.3. The van der Waals surface area contributed by atoms with E-state index in [9.17, 15) is 4.79 Å². The summed E-state index contributed by atoms with van der Waals surface area (Å²) in [6, 6.07) is 3.42. The van der Waals surface area contributed by atoms with Crippen LogP contribution in [0.4, 0.5) is 0 Å². The Kier molecular flexibility index (Phi) is 4.97. The molecule has 4 heterocycles. The van der Waals surface area contributed by atoms with E-state index >= 15 is 0 Å². The average molecular weight is 374 g/mol. The van der Waals surface area contributed by atoms with Gasteiger partial charge in [0.25, 0.3) is 5.56 Å². The minimum atomic E-state index is -0.255. The normalized spacial score (nSPS) is 18.4. The number of rotatable bonds is 6. The lowest BCUT2D eigenvalue weighted by molar-refractivity contribution is -0.0377. The molecular weight excluding hydrogens is 352 g/mol. The highest BCUT2D eigenvalue weighted by atomic mass is 16.5. The molecule has 1 N–H and O–H groups in total. The molecule has 3 aromatic heterocycles. The lowest BCUT2D eigenvalue weighted by Gasteiger charge is -2.31. The van der Waals surface area contributed by atoms with Crippen LogP contribution in [0.5, 0.6) is 0 Å². The molecular formula is C16H22N8O3. The van der Waals surface area contributed by atoms with Crippen molar-refractivity contribution in [3.8, 4) is 0 Å². The van der Waals surface area contributed by atoms with Crippen LogP contribution in [0, 0.1) is 6.92 Å². The number of ether oxygens (including phenoxy) is 2. The quantitative estimate of drug-likeness (QED) is 0.616. The molecule has 1 aliphatic heterocycles. The van der Waals surface area contributed by atoms with Gasteiger partial charge in [-0.15, -0.1) is 10.2 Å². The van der Waals surface area contributed by atoms with Crippen molar-refractivity contribution in [3.63, 3.8) is 0 Å². The molecule has 1 atom stereocenters. The van der Waals surface area contributed by atoms with Crippen molar-refractivity contribution in [3.05, 3.63) is 39.7 Å².